The molecule has 1 aliphatic rings. The molecular formula is C6H14O2Si. The van der Waals surface area contributed by atoms with Gasteiger partial charge >= 0.3 is 0 Å². The monoisotopic (exact) mass is 146 g/mol. The number of aliphatic hydroxyl groups is 1. The van der Waals surface area contributed by atoms with Gasteiger partial charge in [0.1, 0.15) is 0 Å². The van der Waals surface area contributed by atoms with Crippen molar-refractivity contribution < 1.29 is 9.53 Å². The van der Waals surface area contributed by atoms with Gasteiger partial charge in [-0.1, -0.05) is 6.42 Å². The van der Waals surface area contributed by atoms with Crippen molar-refractivity contribution in [3.8, 4) is 0 Å². The molecule has 0 aromatic heterocycles. The first kappa shape index (κ1) is 7.25. The Morgan fingerprint density at radius 1 is 1.56 bits per heavy atom. The van der Waals surface area contributed by atoms with Gasteiger partial charge in [0, 0.05) is 6.61 Å². The first-order valence-electron chi connectivity index (χ1n) is 3.60. The molecule has 0 aromatic rings. The van der Waals surface area contributed by atoms with Gasteiger partial charge in [-0.3, -0.25) is 0 Å². The highest BCUT2D eigenvalue weighted by Gasteiger charge is 2.20. The Hall–Kier alpha value is 0.137. The average molecular weight is 146 g/mol. The summed E-state index contributed by atoms with van der Waals surface area (Å²) in [5.74, 6) is 0. The minimum atomic E-state index is -1.14. The molecule has 0 aromatic carbocycles. The second-order valence-electron chi connectivity index (χ2n) is 2.65. The van der Waals surface area contributed by atoms with Gasteiger partial charge in [-0.05, 0) is 19.4 Å². The van der Waals surface area contributed by atoms with E-state index in [2.05, 4.69) is 0 Å². The van der Waals surface area contributed by atoms with Crippen LogP contribution in [0.25, 0.3) is 0 Å². The van der Waals surface area contributed by atoms with Crippen LogP contribution in [0, 0.1) is 0 Å². The molecule has 0 amide bonds. The summed E-state index contributed by atoms with van der Waals surface area (Å²) in [7, 11) is -1.14. The van der Waals surface area contributed by atoms with E-state index in [1.54, 1.807) is 0 Å². The van der Waals surface area contributed by atoms with Crippen LogP contribution in [0.5, 0.6) is 0 Å². The van der Waals surface area contributed by atoms with E-state index in [0.29, 0.717) is 0 Å². The van der Waals surface area contributed by atoms with Gasteiger partial charge in [-0.25, -0.2) is 0 Å². The van der Waals surface area contributed by atoms with Crippen LogP contribution >= 0.6 is 0 Å². The van der Waals surface area contributed by atoms with Gasteiger partial charge in [-0.2, -0.15) is 0 Å². The third-order valence-corrected chi connectivity index (χ3v) is 4.47. The summed E-state index contributed by atoms with van der Waals surface area (Å²) in [4.78, 5) is 0. The Kier molecular flexibility index (Phi) is 2.69. The number of rotatable bonds is 1. The highest BCUT2D eigenvalue weighted by Crippen LogP contribution is 2.12. The lowest BCUT2D eigenvalue weighted by atomic mass is 10.4. The normalized spacial score (nSPS) is 32.0. The van der Waals surface area contributed by atoms with Crippen molar-refractivity contribution >= 4 is 9.04 Å². The van der Waals surface area contributed by atoms with E-state index in [0.717, 1.165) is 12.7 Å². The van der Waals surface area contributed by atoms with Crippen LogP contribution in [0.1, 0.15) is 19.8 Å². The summed E-state index contributed by atoms with van der Waals surface area (Å²) in [6.45, 7) is 2.74. The highest BCUT2D eigenvalue weighted by atomic mass is 28.3. The van der Waals surface area contributed by atoms with E-state index in [1.807, 2.05) is 6.92 Å². The topological polar surface area (TPSA) is 29.5 Å². The summed E-state index contributed by atoms with van der Waals surface area (Å²) < 4.78 is 5.43. The number of aliphatic hydroxyl groups excluding tert-OH is 1. The lowest BCUT2D eigenvalue weighted by molar-refractivity contribution is 0.203. The third kappa shape index (κ3) is 2.08. The lowest BCUT2D eigenvalue weighted by Gasteiger charge is -2.22. The molecule has 1 heterocycles. The Labute approximate surface area is 57.6 Å². The minimum absolute atomic E-state index is 0.148. The fourth-order valence-corrected chi connectivity index (χ4v) is 3.23. The fraction of sp³-hybridized carbons (Fsp3) is 1.00. The molecule has 1 rings (SSSR count). The van der Waals surface area contributed by atoms with Crippen LogP contribution in [-0.2, 0) is 4.43 Å². The molecule has 2 unspecified atom stereocenters. The standard InChI is InChI=1S/C6H14O2Si/c1-6(7)9-5-3-2-4-8-9/h6-7,9H,2-5H2,1H3. The maximum Gasteiger partial charge on any atom is 0.204 e. The second-order valence-corrected chi connectivity index (χ2v) is 5.60. The van der Waals surface area contributed by atoms with Crippen LogP contribution in [0.2, 0.25) is 6.04 Å². The molecule has 1 fully saturated rings. The maximum absolute atomic E-state index is 9.11. The van der Waals surface area contributed by atoms with E-state index in [-0.39, 0.29) is 5.73 Å². The largest absolute Gasteiger partial charge is 0.417 e. The zero-order chi connectivity index (χ0) is 6.69. The predicted molar refractivity (Wildman–Crippen MR) is 38.8 cm³/mol. The van der Waals surface area contributed by atoms with Crippen LogP contribution in [-0.4, -0.2) is 26.5 Å². The van der Waals surface area contributed by atoms with E-state index in [1.165, 1.54) is 12.8 Å². The Bertz CT molecular complexity index is 79.1. The van der Waals surface area contributed by atoms with E-state index >= 15 is 0 Å². The molecule has 1 N–H and O–H groups in total. The molecule has 0 radical (unpaired) electrons. The summed E-state index contributed by atoms with van der Waals surface area (Å²) in [5.41, 5.74) is -0.148. The van der Waals surface area contributed by atoms with Crippen molar-refractivity contribution in [3.63, 3.8) is 0 Å². The van der Waals surface area contributed by atoms with Gasteiger partial charge in [0.25, 0.3) is 0 Å². The molecule has 3 heteroatoms. The summed E-state index contributed by atoms with van der Waals surface area (Å²) in [5, 5.41) is 9.11. The molecule has 54 valence electrons. The van der Waals surface area contributed by atoms with Crippen LogP contribution in [0.3, 0.4) is 0 Å². The van der Waals surface area contributed by atoms with Gasteiger partial charge in [0.15, 0.2) is 0 Å². The Morgan fingerprint density at radius 3 is 2.67 bits per heavy atom. The molecule has 1 aliphatic heterocycles. The summed E-state index contributed by atoms with van der Waals surface area (Å²) >= 11 is 0. The van der Waals surface area contributed by atoms with Gasteiger partial charge in [0.05, 0.1) is 5.73 Å². The van der Waals surface area contributed by atoms with Crippen molar-refractivity contribution in [2.24, 2.45) is 0 Å². The van der Waals surface area contributed by atoms with Crippen molar-refractivity contribution in [2.45, 2.75) is 31.5 Å². The maximum atomic E-state index is 9.11. The predicted octanol–water partition coefficient (Wildman–Crippen LogP) is 0.441. The number of hydrogen-bond acceptors (Lipinski definition) is 2. The zero-order valence-electron chi connectivity index (χ0n) is 5.84. The van der Waals surface area contributed by atoms with Crippen LogP contribution in [0.4, 0.5) is 0 Å². The Balaban J connectivity index is 2.23. The van der Waals surface area contributed by atoms with Crippen LogP contribution in [0.15, 0.2) is 0 Å². The lowest BCUT2D eigenvalue weighted by Crippen LogP contribution is -2.34. The fourth-order valence-electron chi connectivity index (χ4n) is 1.15. The van der Waals surface area contributed by atoms with Crippen molar-refractivity contribution in [1.82, 2.24) is 0 Å². The third-order valence-electron chi connectivity index (χ3n) is 1.75. The van der Waals surface area contributed by atoms with Crippen molar-refractivity contribution in [1.29, 1.82) is 0 Å². The average Bonchev–Trinajstić information content (AvgIpc) is 1.90. The summed E-state index contributed by atoms with van der Waals surface area (Å²) in [6, 6.07) is 1.16. The molecule has 0 saturated carbocycles. The molecule has 9 heavy (non-hydrogen) atoms. The van der Waals surface area contributed by atoms with Gasteiger partial charge in [0.2, 0.25) is 9.04 Å². The first-order valence-corrected chi connectivity index (χ1v) is 5.56. The molecule has 2 nitrogen and oxygen atoms in total. The SMILES string of the molecule is CC(O)[SiH]1CCCCO1. The minimum Gasteiger partial charge on any atom is -0.417 e. The van der Waals surface area contributed by atoms with Crippen LogP contribution < -0.4 is 0 Å². The molecule has 1 saturated heterocycles. The first-order chi connectivity index (χ1) is 4.30. The van der Waals surface area contributed by atoms with Crippen molar-refractivity contribution in [3.05, 3.63) is 0 Å². The smallest absolute Gasteiger partial charge is 0.204 e. The van der Waals surface area contributed by atoms with E-state index < -0.39 is 9.04 Å². The van der Waals surface area contributed by atoms with E-state index in [4.69, 9.17) is 9.53 Å². The zero-order valence-corrected chi connectivity index (χ0v) is 6.99. The van der Waals surface area contributed by atoms with Gasteiger partial charge < -0.3 is 9.53 Å². The molecule has 0 bridgehead atoms. The molecule has 2 atom stereocenters. The quantitative estimate of drug-likeness (QED) is 0.544. The molecular weight excluding hydrogens is 132 g/mol. The summed E-state index contributed by atoms with van der Waals surface area (Å²) in [6.07, 6.45) is 2.46. The van der Waals surface area contributed by atoms with Gasteiger partial charge in [-0.15, -0.1) is 0 Å². The highest BCUT2D eigenvalue weighted by molar-refractivity contribution is 6.53. The second kappa shape index (κ2) is 3.34. The van der Waals surface area contributed by atoms with E-state index in [9.17, 15) is 0 Å². The Morgan fingerprint density at radius 2 is 2.33 bits per heavy atom. The number of hydrogen-bond donors (Lipinski definition) is 1. The van der Waals surface area contributed by atoms with Crippen molar-refractivity contribution in [2.75, 3.05) is 6.61 Å². The molecule has 0 spiro atoms. The molecule has 0 aliphatic carbocycles.